The predicted octanol–water partition coefficient (Wildman–Crippen LogP) is 3.33. The zero-order valence-electron chi connectivity index (χ0n) is 11.6. The molecule has 0 bridgehead atoms. The van der Waals surface area contributed by atoms with E-state index in [9.17, 15) is 4.79 Å². The molecule has 3 rings (SSSR count). The molecule has 1 aliphatic rings. The molecular formula is C16H18N2O2. The van der Waals surface area contributed by atoms with Gasteiger partial charge >= 0.3 is 0 Å². The molecule has 1 N–H and O–H groups in total. The van der Waals surface area contributed by atoms with Crippen LogP contribution in [0.2, 0.25) is 0 Å². The molecule has 0 atom stereocenters. The third-order valence-corrected chi connectivity index (χ3v) is 3.67. The summed E-state index contributed by atoms with van der Waals surface area (Å²) < 4.78 is 5.39. The summed E-state index contributed by atoms with van der Waals surface area (Å²) in [4.78, 5) is 13.5. The first-order chi connectivity index (χ1) is 9.74. The minimum atomic E-state index is 0.219. The number of carbonyl (C=O) groups is 1. The Balaban J connectivity index is 1.64. The highest BCUT2D eigenvalue weighted by Gasteiger charge is 2.21. The molecule has 104 valence electrons. The molecule has 1 aromatic carbocycles. The van der Waals surface area contributed by atoms with Gasteiger partial charge in [0.25, 0.3) is 0 Å². The van der Waals surface area contributed by atoms with Gasteiger partial charge in [-0.25, -0.2) is 0 Å². The monoisotopic (exact) mass is 270 g/mol. The van der Waals surface area contributed by atoms with Crippen LogP contribution in [0.25, 0.3) is 0 Å². The zero-order valence-corrected chi connectivity index (χ0v) is 11.6. The Hall–Kier alpha value is -2.23. The van der Waals surface area contributed by atoms with E-state index in [1.165, 1.54) is 0 Å². The molecule has 1 aliphatic heterocycles. The number of amides is 1. The number of rotatable bonds is 4. The van der Waals surface area contributed by atoms with Gasteiger partial charge in [0.2, 0.25) is 5.91 Å². The Morgan fingerprint density at radius 1 is 1.25 bits per heavy atom. The van der Waals surface area contributed by atoms with Crippen LogP contribution in [0.3, 0.4) is 0 Å². The Morgan fingerprint density at radius 2 is 2.05 bits per heavy atom. The van der Waals surface area contributed by atoms with Gasteiger partial charge in [0, 0.05) is 24.3 Å². The lowest BCUT2D eigenvalue weighted by Crippen LogP contribution is -2.23. The SMILES string of the molecule is Cc1ccoc1CNc1ccc(N2CCCC2=O)cc1. The second kappa shape index (κ2) is 5.41. The lowest BCUT2D eigenvalue weighted by atomic mass is 10.2. The van der Waals surface area contributed by atoms with Crippen molar-refractivity contribution in [3.63, 3.8) is 0 Å². The summed E-state index contributed by atoms with van der Waals surface area (Å²) in [6.07, 6.45) is 3.32. The summed E-state index contributed by atoms with van der Waals surface area (Å²) in [5.41, 5.74) is 3.15. The summed E-state index contributed by atoms with van der Waals surface area (Å²) in [6.45, 7) is 3.53. The van der Waals surface area contributed by atoms with Crippen LogP contribution in [-0.4, -0.2) is 12.5 Å². The zero-order chi connectivity index (χ0) is 13.9. The average Bonchev–Trinajstić information content (AvgIpc) is 3.06. The first kappa shape index (κ1) is 12.8. The number of aryl methyl sites for hydroxylation is 1. The Bertz CT molecular complexity index is 601. The van der Waals surface area contributed by atoms with Crippen LogP contribution >= 0.6 is 0 Å². The fourth-order valence-corrected chi connectivity index (χ4v) is 2.45. The van der Waals surface area contributed by atoms with E-state index < -0.39 is 0 Å². The predicted molar refractivity (Wildman–Crippen MR) is 78.8 cm³/mol. The number of anilines is 2. The van der Waals surface area contributed by atoms with Crippen molar-refractivity contribution >= 4 is 17.3 Å². The third-order valence-electron chi connectivity index (χ3n) is 3.67. The lowest BCUT2D eigenvalue weighted by molar-refractivity contribution is -0.117. The Kier molecular flexibility index (Phi) is 3.46. The molecule has 0 radical (unpaired) electrons. The molecular weight excluding hydrogens is 252 g/mol. The standard InChI is InChI=1S/C16H18N2O2/c1-12-8-10-20-15(12)11-17-13-4-6-14(7-5-13)18-9-2-3-16(18)19/h4-8,10,17H,2-3,9,11H2,1H3. The van der Waals surface area contributed by atoms with E-state index >= 15 is 0 Å². The van der Waals surface area contributed by atoms with E-state index in [1.54, 1.807) is 6.26 Å². The van der Waals surface area contributed by atoms with E-state index in [0.717, 1.165) is 35.7 Å². The lowest BCUT2D eigenvalue weighted by Gasteiger charge is -2.16. The fraction of sp³-hybridized carbons (Fsp3) is 0.312. The highest BCUT2D eigenvalue weighted by Crippen LogP contribution is 2.23. The van der Waals surface area contributed by atoms with E-state index in [4.69, 9.17) is 4.42 Å². The van der Waals surface area contributed by atoms with E-state index in [2.05, 4.69) is 5.32 Å². The number of benzene rings is 1. The summed E-state index contributed by atoms with van der Waals surface area (Å²) in [6, 6.07) is 9.93. The number of nitrogens with one attached hydrogen (secondary N) is 1. The largest absolute Gasteiger partial charge is 0.467 e. The normalized spacial score (nSPS) is 14.8. The van der Waals surface area contributed by atoms with Gasteiger partial charge in [-0.1, -0.05) is 0 Å². The maximum absolute atomic E-state index is 11.7. The van der Waals surface area contributed by atoms with Crippen LogP contribution in [0.1, 0.15) is 24.2 Å². The number of hydrogen-bond acceptors (Lipinski definition) is 3. The van der Waals surface area contributed by atoms with Gasteiger partial charge in [0.15, 0.2) is 0 Å². The van der Waals surface area contributed by atoms with Crippen LogP contribution in [0.4, 0.5) is 11.4 Å². The van der Waals surface area contributed by atoms with Gasteiger partial charge in [-0.15, -0.1) is 0 Å². The maximum Gasteiger partial charge on any atom is 0.227 e. The van der Waals surface area contributed by atoms with Gasteiger partial charge < -0.3 is 14.6 Å². The van der Waals surface area contributed by atoms with Gasteiger partial charge in [-0.3, -0.25) is 4.79 Å². The third kappa shape index (κ3) is 2.54. The molecule has 1 fully saturated rings. The van der Waals surface area contributed by atoms with Crippen LogP contribution in [0.15, 0.2) is 41.0 Å². The molecule has 4 nitrogen and oxygen atoms in total. The topological polar surface area (TPSA) is 45.5 Å². The van der Waals surface area contributed by atoms with Crippen LogP contribution in [0, 0.1) is 6.92 Å². The Morgan fingerprint density at radius 3 is 2.65 bits per heavy atom. The van der Waals surface area contributed by atoms with Gasteiger partial charge in [-0.05, 0) is 49.2 Å². The van der Waals surface area contributed by atoms with Crippen LogP contribution in [-0.2, 0) is 11.3 Å². The maximum atomic E-state index is 11.7. The van der Waals surface area contributed by atoms with Crippen molar-refractivity contribution in [2.75, 3.05) is 16.8 Å². The molecule has 0 unspecified atom stereocenters. The first-order valence-electron chi connectivity index (χ1n) is 6.91. The molecule has 1 saturated heterocycles. The highest BCUT2D eigenvalue weighted by molar-refractivity contribution is 5.95. The molecule has 20 heavy (non-hydrogen) atoms. The van der Waals surface area contributed by atoms with Crippen LogP contribution < -0.4 is 10.2 Å². The molecule has 2 aromatic rings. The van der Waals surface area contributed by atoms with Crippen molar-refractivity contribution in [2.45, 2.75) is 26.3 Å². The second-order valence-corrected chi connectivity index (χ2v) is 5.08. The molecule has 2 heterocycles. The minimum absolute atomic E-state index is 0.219. The van der Waals surface area contributed by atoms with Crippen LogP contribution in [0.5, 0.6) is 0 Å². The molecule has 4 heteroatoms. The second-order valence-electron chi connectivity index (χ2n) is 5.08. The summed E-state index contributed by atoms with van der Waals surface area (Å²) in [7, 11) is 0. The van der Waals surface area contributed by atoms with Crippen molar-refractivity contribution in [1.82, 2.24) is 0 Å². The van der Waals surface area contributed by atoms with Gasteiger partial charge in [0.1, 0.15) is 5.76 Å². The number of furan rings is 1. The number of nitrogens with zero attached hydrogens (tertiary/aromatic N) is 1. The molecule has 0 saturated carbocycles. The summed E-state index contributed by atoms with van der Waals surface area (Å²) >= 11 is 0. The van der Waals surface area contributed by atoms with Crippen molar-refractivity contribution < 1.29 is 9.21 Å². The fourth-order valence-electron chi connectivity index (χ4n) is 2.45. The first-order valence-corrected chi connectivity index (χ1v) is 6.91. The van der Waals surface area contributed by atoms with Crippen molar-refractivity contribution in [3.05, 3.63) is 47.9 Å². The average molecular weight is 270 g/mol. The molecule has 1 amide bonds. The van der Waals surface area contributed by atoms with Gasteiger partial charge in [-0.2, -0.15) is 0 Å². The molecule has 0 aliphatic carbocycles. The smallest absolute Gasteiger partial charge is 0.227 e. The van der Waals surface area contributed by atoms with E-state index in [0.29, 0.717) is 13.0 Å². The van der Waals surface area contributed by atoms with E-state index in [1.807, 2.05) is 42.2 Å². The summed E-state index contributed by atoms with van der Waals surface area (Å²) in [5, 5.41) is 3.32. The number of hydrogen-bond donors (Lipinski definition) is 1. The quantitative estimate of drug-likeness (QED) is 0.927. The van der Waals surface area contributed by atoms with Gasteiger partial charge in [0.05, 0.1) is 12.8 Å². The number of carbonyl (C=O) groups excluding carboxylic acids is 1. The van der Waals surface area contributed by atoms with Crippen molar-refractivity contribution in [3.8, 4) is 0 Å². The highest BCUT2D eigenvalue weighted by atomic mass is 16.3. The summed E-state index contributed by atoms with van der Waals surface area (Å²) in [5.74, 6) is 1.17. The van der Waals surface area contributed by atoms with Crippen molar-refractivity contribution in [1.29, 1.82) is 0 Å². The molecule has 0 spiro atoms. The van der Waals surface area contributed by atoms with E-state index in [-0.39, 0.29) is 5.91 Å². The Labute approximate surface area is 118 Å². The van der Waals surface area contributed by atoms with Crippen molar-refractivity contribution in [2.24, 2.45) is 0 Å². The minimum Gasteiger partial charge on any atom is -0.467 e. The molecule has 1 aromatic heterocycles.